The van der Waals surface area contributed by atoms with Gasteiger partial charge in [0.2, 0.25) is 0 Å². The van der Waals surface area contributed by atoms with Crippen molar-refractivity contribution in [3.8, 4) is 11.5 Å². The Hall–Kier alpha value is -1.18. The van der Waals surface area contributed by atoms with Crippen LogP contribution >= 0.6 is 0 Å². The molecule has 1 aromatic carbocycles. The molecule has 0 aromatic heterocycles. The molecule has 1 N–H and O–H groups in total. The Kier molecular flexibility index (Phi) is 5.17. The topological polar surface area (TPSA) is 29.5 Å². The Bertz CT molecular complexity index is 332. The molecule has 0 fully saturated rings. The van der Waals surface area contributed by atoms with Gasteiger partial charge in [-0.3, -0.25) is 0 Å². The van der Waals surface area contributed by atoms with E-state index in [1.807, 2.05) is 19.1 Å². The second-order valence-electron chi connectivity index (χ2n) is 4.11. The quantitative estimate of drug-likeness (QED) is 0.744. The maximum atomic E-state index is 9.88. The minimum absolute atomic E-state index is 0.369. The first-order valence-corrected chi connectivity index (χ1v) is 6.11. The zero-order chi connectivity index (χ0) is 12.0. The Morgan fingerprint density at radius 3 is 2.50 bits per heavy atom. The Labute approximate surface area is 98.3 Å². The van der Waals surface area contributed by atoms with Crippen molar-refractivity contribution < 1.29 is 9.84 Å². The van der Waals surface area contributed by atoms with Gasteiger partial charge in [0, 0.05) is 5.56 Å². The van der Waals surface area contributed by atoms with Crippen molar-refractivity contribution in [1.29, 1.82) is 0 Å². The molecule has 0 heterocycles. The molecule has 1 aromatic rings. The molecule has 0 atom stereocenters. The highest BCUT2D eigenvalue weighted by atomic mass is 16.5. The fraction of sp³-hybridized carbons (Fsp3) is 0.571. The van der Waals surface area contributed by atoms with Gasteiger partial charge in [0.05, 0.1) is 7.11 Å². The number of phenolic OH excluding ortho intramolecular Hbond substituents is 1. The number of phenols is 1. The molecule has 0 aliphatic rings. The first-order chi connectivity index (χ1) is 7.72. The third kappa shape index (κ3) is 3.16. The lowest BCUT2D eigenvalue weighted by molar-refractivity contribution is 0.399. The fourth-order valence-corrected chi connectivity index (χ4v) is 1.95. The van der Waals surface area contributed by atoms with Gasteiger partial charge in [-0.1, -0.05) is 26.7 Å². The minimum atomic E-state index is 0.369. The van der Waals surface area contributed by atoms with Gasteiger partial charge in [-0.15, -0.1) is 0 Å². The number of hydrogen-bond donors (Lipinski definition) is 1. The highest BCUT2D eigenvalue weighted by Gasteiger charge is 2.08. The van der Waals surface area contributed by atoms with Gasteiger partial charge < -0.3 is 9.84 Å². The van der Waals surface area contributed by atoms with Crippen LogP contribution < -0.4 is 4.74 Å². The summed E-state index contributed by atoms with van der Waals surface area (Å²) in [5.41, 5.74) is 2.07. The summed E-state index contributed by atoms with van der Waals surface area (Å²) < 4.78 is 5.30. The highest BCUT2D eigenvalue weighted by Crippen LogP contribution is 2.30. The van der Waals surface area contributed by atoms with Crippen LogP contribution in [0.25, 0.3) is 0 Å². The van der Waals surface area contributed by atoms with Gasteiger partial charge in [-0.25, -0.2) is 0 Å². The molecule has 0 radical (unpaired) electrons. The van der Waals surface area contributed by atoms with Crippen LogP contribution in [0.1, 0.15) is 44.2 Å². The predicted molar refractivity (Wildman–Crippen MR) is 67.3 cm³/mol. The number of benzene rings is 1. The van der Waals surface area contributed by atoms with Gasteiger partial charge in [-0.2, -0.15) is 0 Å². The summed E-state index contributed by atoms with van der Waals surface area (Å²) in [5, 5.41) is 9.88. The van der Waals surface area contributed by atoms with Gasteiger partial charge in [-0.05, 0) is 37.0 Å². The molecular weight excluding hydrogens is 200 g/mol. The van der Waals surface area contributed by atoms with Crippen molar-refractivity contribution in [2.45, 2.75) is 46.0 Å². The molecule has 2 heteroatoms. The van der Waals surface area contributed by atoms with Gasteiger partial charge in [0.25, 0.3) is 0 Å². The number of rotatable bonds is 6. The Balaban J connectivity index is 2.83. The Morgan fingerprint density at radius 1 is 1.19 bits per heavy atom. The van der Waals surface area contributed by atoms with Crippen LogP contribution in [0, 0.1) is 0 Å². The highest BCUT2D eigenvalue weighted by molar-refractivity contribution is 5.47. The second-order valence-corrected chi connectivity index (χ2v) is 4.11. The maximum Gasteiger partial charge on any atom is 0.126 e. The van der Waals surface area contributed by atoms with E-state index in [4.69, 9.17) is 4.74 Å². The van der Waals surface area contributed by atoms with Crippen molar-refractivity contribution in [2.75, 3.05) is 7.11 Å². The molecule has 0 aliphatic carbocycles. The number of methoxy groups -OCH3 is 1. The summed E-state index contributed by atoms with van der Waals surface area (Å²) in [5.74, 6) is 1.18. The molecule has 0 amide bonds. The monoisotopic (exact) mass is 222 g/mol. The van der Waals surface area contributed by atoms with Crippen molar-refractivity contribution in [3.63, 3.8) is 0 Å². The van der Waals surface area contributed by atoms with Gasteiger partial charge in [0.1, 0.15) is 11.5 Å². The lowest BCUT2D eigenvalue weighted by Gasteiger charge is -2.11. The maximum absolute atomic E-state index is 9.88. The number of aryl methyl sites for hydroxylation is 1. The van der Waals surface area contributed by atoms with E-state index >= 15 is 0 Å². The van der Waals surface area contributed by atoms with Crippen LogP contribution in [-0.2, 0) is 12.8 Å². The van der Waals surface area contributed by atoms with Crippen LogP contribution in [0.3, 0.4) is 0 Å². The standard InChI is InChI=1S/C14H22O2/c1-4-6-7-8-11-9-13(15)12(5-2)14(10-11)16-3/h9-10,15H,4-8H2,1-3H3. The average molecular weight is 222 g/mol. The van der Waals surface area contributed by atoms with Gasteiger partial charge in [0.15, 0.2) is 0 Å². The molecule has 0 bridgehead atoms. The molecule has 2 nitrogen and oxygen atoms in total. The summed E-state index contributed by atoms with van der Waals surface area (Å²) >= 11 is 0. The van der Waals surface area contributed by atoms with Crippen LogP contribution in [0.15, 0.2) is 12.1 Å². The third-order valence-corrected chi connectivity index (χ3v) is 2.89. The molecule has 0 spiro atoms. The van der Waals surface area contributed by atoms with Crippen molar-refractivity contribution in [2.24, 2.45) is 0 Å². The summed E-state index contributed by atoms with van der Waals surface area (Å²) in [4.78, 5) is 0. The van der Waals surface area contributed by atoms with E-state index in [1.54, 1.807) is 7.11 Å². The average Bonchev–Trinajstić information content (AvgIpc) is 2.28. The zero-order valence-electron chi connectivity index (χ0n) is 10.5. The Morgan fingerprint density at radius 2 is 1.94 bits per heavy atom. The first-order valence-electron chi connectivity index (χ1n) is 6.11. The number of hydrogen-bond acceptors (Lipinski definition) is 2. The summed E-state index contributed by atoms with van der Waals surface area (Å²) in [7, 11) is 1.66. The minimum Gasteiger partial charge on any atom is -0.508 e. The molecule has 0 saturated heterocycles. The first kappa shape index (κ1) is 12.9. The van der Waals surface area contributed by atoms with Crippen molar-refractivity contribution in [3.05, 3.63) is 23.3 Å². The molecule has 0 unspecified atom stereocenters. The summed E-state index contributed by atoms with van der Waals surface area (Å²) in [6.07, 6.45) is 5.44. The lowest BCUT2D eigenvalue weighted by atomic mass is 10.0. The lowest BCUT2D eigenvalue weighted by Crippen LogP contribution is -1.94. The van der Waals surface area contributed by atoms with E-state index < -0.39 is 0 Å². The smallest absolute Gasteiger partial charge is 0.126 e. The van der Waals surface area contributed by atoms with Crippen LogP contribution in [0.2, 0.25) is 0 Å². The molecule has 0 aliphatic heterocycles. The van der Waals surface area contributed by atoms with E-state index in [1.165, 1.54) is 24.8 Å². The molecule has 1 rings (SSSR count). The van der Waals surface area contributed by atoms with E-state index in [-0.39, 0.29) is 0 Å². The molecular formula is C14H22O2. The number of aromatic hydroxyl groups is 1. The van der Waals surface area contributed by atoms with E-state index in [0.717, 1.165) is 24.2 Å². The van der Waals surface area contributed by atoms with Crippen LogP contribution in [-0.4, -0.2) is 12.2 Å². The van der Waals surface area contributed by atoms with Crippen molar-refractivity contribution >= 4 is 0 Å². The number of unbranched alkanes of at least 4 members (excludes halogenated alkanes) is 2. The van der Waals surface area contributed by atoms with E-state index in [0.29, 0.717) is 5.75 Å². The molecule has 16 heavy (non-hydrogen) atoms. The largest absolute Gasteiger partial charge is 0.508 e. The van der Waals surface area contributed by atoms with Crippen LogP contribution in [0.4, 0.5) is 0 Å². The zero-order valence-corrected chi connectivity index (χ0v) is 10.5. The third-order valence-electron chi connectivity index (χ3n) is 2.89. The molecule has 0 saturated carbocycles. The summed E-state index contributed by atoms with van der Waals surface area (Å²) in [6.45, 7) is 4.21. The van der Waals surface area contributed by atoms with Crippen LogP contribution in [0.5, 0.6) is 11.5 Å². The molecule has 90 valence electrons. The van der Waals surface area contributed by atoms with Crippen molar-refractivity contribution in [1.82, 2.24) is 0 Å². The SMILES string of the molecule is CCCCCc1cc(O)c(CC)c(OC)c1. The van der Waals surface area contributed by atoms with Gasteiger partial charge >= 0.3 is 0 Å². The predicted octanol–water partition coefficient (Wildman–Crippen LogP) is 3.70. The fourth-order valence-electron chi connectivity index (χ4n) is 1.95. The number of ether oxygens (including phenoxy) is 1. The van der Waals surface area contributed by atoms with E-state index in [9.17, 15) is 5.11 Å². The second kappa shape index (κ2) is 6.41. The van der Waals surface area contributed by atoms with E-state index in [2.05, 4.69) is 6.92 Å². The normalized spacial score (nSPS) is 10.4. The summed E-state index contributed by atoms with van der Waals surface area (Å²) in [6, 6.07) is 3.92.